The zero-order chi connectivity index (χ0) is 17.1. The molecule has 0 spiro atoms. The summed E-state index contributed by atoms with van der Waals surface area (Å²) in [6.45, 7) is 5.11. The molecule has 0 amide bonds. The molecule has 1 fully saturated rings. The third-order valence-electron chi connectivity index (χ3n) is 4.84. The lowest BCUT2D eigenvalue weighted by atomic mass is 10.1. The van der Waals surface area contributed by atoms with Gasteiger partial charge < -0.3 is 9.64 Å². The molecule has 1 aliphatic rings. The van der Waals surface area contributed by atoms with Crippen molar-refractivity contribution in [3.05, 3.63) is 66.4 Å². The molecule has 0 atom stereocenters. The smallest absolute Gasteiger partial charge is 0.145 e. The third kappa shape index (κ3) is 3.44. The summed E-state index contributed by atoms with van der Waals surface area (Å²) >= 11 is 0. The molecular formula is C21H23N3O. The van der Waals surface area contributed by atoms with Gasteiger partial charge >= 0.3 is 0 Å². The van der Waals surface area contributed by atoms with Crippen molar-refractivity contribution in [3.63, 3.8) is 0 Å². The summed E-state index contributed by atoms with van der Waals surface area (Å²) in [4.78, 5) is 9.76. The number of rotatable bonds is 4. The van der Waals surface area contributed by atoms with Crippen LogP contribution in [0.5, 0.6) is 5.75 Å². The van der Waals surface area contributed by atoms with Crippen molar-refractivity contribution in [1.29, 1.82) is 0 Å². The molecule has 3 aromatic rings. The average molecular weight is 333 g/mol. The van der Waals surface area contributed by atoms with E-state index in [0.717, 1.165) is 55.1 Å². The van der Waals surface area contributed by atoms with Crippen LogP contribution in [0.2, 0.25) is 0 Å². The van der Waals surface area contributed by atoms with Gasteiger partial charge in [0.15, 0.2) is 0 Å². The van der Waals surface area contributed by atoms with Crippen LogP contribution < -0.4 is 9.64 Å². The van der Waals surface area contributed by atoms with E-state index in [0.29, 0.717) is 0 Å². The lowest BCUT2D eigenvalue weighted by Gasteiger charge is -2.36. The molecule has 4 nitrogen and oxygen atoms in total. The molecule has 4 rings (SSSR count). The Balaban J connectivity index is 1.44. The van der Waals surface area contributed by atoms with Crippen LogP contribution in [-0.4, -0.2) is 43.2 Å². The number of benzene rings is 2. The van der Waals surface area contributed by atoms with Gasteiger partial charge in [0.1, 0.15) is 11.3 Å². The summed E-state index contributed by atoms with van der Waals surface area (Å²) in [6, 6.07) is 21.0. The zero-order valence-corrected chi connectivity index (χ0v) is 14.6. The van der Waals surface area contributed by atoms with E-state index >= 15 is 0 Å². The molecular weight excluding hydrogens is 310 g/mol. The molecule has 1 saturated heterocycles. The first-order valence-electron chi connectivity index (χ1n) is 8.78. The fourth-order valence-corrected chi connectivity index (χ4v) is 3.45. The molecule has 0 unspecified atom stereocenters. The maximum atomic E-state index is 5.45. The monoisotopic (exact) mass is 333 g/mol. The number of hydrogen-bond donors (Lipinski definition) is 0. The second-order valence-electron chi connectivity index (χ2n) is 6.43. The van der Waals surface area contributed by atoms with Gasteiger partial charge in [0, 0.05) is 43.8 Å². The Morgan fingerprint density at radius 1 is 0.880 bits per heavy atom. The highest BCUT2D eigenvalue weighted by Crippen LogP contribution is 2.24. The lowest BCUT2D eigenvalue weighted by Crippen LogP contribution is -2.46. The second kappa shape index (κ2) is 7.11. The van der Waals surface area contributed by atoms with Gasteiger partial charge in [-0.25, -0.2) is 4.98 Å². The largest absolute Gasteiger partial charge is 0.494 e. The van der Waals surface area contributed by atoms with Crippen LogP contribution in [0.1, 0.15) is 5.69 Å². The number of ether oxygens (including phenoxy) is 1. The topological polar surface area (TPSA) is 28.6 Å². The Labute approximate surface area is 148 Å². The Kier molecular flexibility index (Phi) is 4.53. The fourth-order valence-electron chi connectivity index (χ4n) is 3.45. The average Bonchev–Trinajstić information content (AvgIpc) is 2.69. The first-order valence-corrected chi connectivity index (χ1v) is 8.78. The standard InChI is InChI=1S/C21H23N3O/c1-25-20-9-5-6-17-10-11-18(22-21(17)20)16-23-12-14-24(15-13-23)19-7-3-2-4-8-19/h2-11H,12-16H2,1H3. The quantitative estimate of drug-likeness (QED) is 0.730. The summed E-state index contributed by atoms with van der Waals surface area (Å²) in [5.74, 6) is 0.841. The molecule has 0 bridgehead atoms. The van der Waals surface area contributed by atoms with E-state index in [1.54, 1.807) is 7.11 Å². The van der Waals surface area contributed by atoms with Crippen LogP contribution in [0, 0.1) is 0 Å². The second-order valence-corrected chi connectivity index (χ2v) is 6.43. The van der Waals surface area contributed by atoms with E-state index in [-0.39, 0.29) is 0 Å². The molecule has 0 radical (unpaired) electrons. The van der Waals surface area contributed by atoms with E-state index in [4.69, 9.17) is 9.72 Å². The number of pyridine rings is 1. The number of nitrogens with zero attached hydrogens (tertiary/aromatic N) is 3. The highest BCUT2D eigenvalue weighted by Gasteiger charge is 2.17. The predicted molar refractivity (Wildman–Crippen MR) is 102 cm³/mol. The molecule has 0 aliphatic carbocycles. The summed E-state index contributed by atoms with van der Waals surface area (Å²) in [7, 11) is 1.70. The van der Waals surface area contributed by atoms with Crippen molar-refractivity contribution in [1.82, 2.24) is 9.88 Å². The highest BCUT2D eigenvalue weighted by molar-refractivity contribution is 5.84. The minimum absolute atomic E-state index is 0.841. The molecule has 0 N–H and O–H groups in total. The van der Waals surface area contributed by atoms with E-state index < -0.39 is 0 Å². The van der Waals surface area contributed by atoms with Crippen LogP contribution >= 0.6 is 0 Å². The number of aromatic nitrogens is 1. The van der Waals surface area contributed by atoms with Gasteiger partial charge in [0.2, 0.25) is 0 Å². The molecule has 1 aromatic heterocycles. The Bertz CT molecular complexity index is 842. The minimum Gasteiger partial charge on any atom is -0.494 e. The van der Waals surface area contributed by atoms with Crippen LogP contribution in [0.25, 0.3) is 10.9 Å². The van der Waals surface area contributed by atoms with E-state index in [9.17, 15) is 0 Å². The Morgan fingerprint density at radius 2 is 1.68 bits per heavy atom. The van der Waals surface area contributed by atoms with Crippen LogP contribution in [0.4, 0.5) is 5.69 Å². The third-order valence-corrected chi connectivity index (χ3v) is 4.84. The first kappa shape index (κ1) is 15.9. The van der Waals surface area contributed by atoms with Gasteiger partial charge in [-0.15, -0.1) is 0 Å². The molecule has 2 heterocycles. The van der Waals surface area contributed by atoms with Crippen molar-refractivity contribution in [2.24, 2.45) is 0 Å². The highest BCUT2D eigenvalue weighted by atomic mass is 16.5. The SMILES string of the molecule is COc1cccc2ccc(CN3CCN(c4ccccc4)CC3)nc12. The summed E-state index contributed by atoms with van der Waals surface area (Å²) in [6.07, 6.45) is 0. The van der Waals surface area contributed by atoms with Crippen molar-refractivity contribution >= 4 is 16.6 Å². The molecule has 128 valence electrons. The van der Waals surface area contributed by atoms with Crippen LogP contribution in [-0.2, 0) is 6.54 Å². The maximum Gasteiger partial charge on any atom is 0.145 e. The maximum absolute atomic E-state index is 5.45. The van der Waals surface area contributed by atoms with Crippen molar-refractivity contribution in [3.8, 4) is 5.75 Å². The van der Waals surface area contributed by atoms with Crippen molar-refractivity contribution < 1.29 is 4.74 Å². The number of anilines is 1. The Morgan fingerprint density at radius 3 is 2.44 bits per heavy atom. The van der Waals surface area contributed by atoms with Gasteiger partial charge in [-0.1, -0.05) is 36.4 Å². The van der Waals surface area contributed by atoms with Gasteiger partial charge in [0.05, 0.1) is 12.8 Å². The summed E-state index contributed by atoms with van der Waals surface area (Å²) in [5.41, 5.74) is 3.37. The normalized spacial score (nSPS) is 15.5. The number of para-hydroxylation sites is 2. The number of methoxy groups -OCH3 is 1. The van der Waals surface area contributed by atoms with Crippen LogP contribution in [0.15, 0.2) is 60.7 Å². The molecule has 1 aliphatic heterocycles. The number of fused-ring (bicyclic) bond motifs is 1. The lowest BCUT2D eigenvalue weighted by molar-refractivity contribution is 0.247. The van der Waals surface area contributed by atoms with E-state index in [2.05, 4.69) is 58.3 Å². The van der Waals surface area contributed by atoms with E-state index in [1.165, 1.54) is 5.69 Å². The van der Waals surface area contributed by atoms with Gasteiger partial charge in [-0.2, -0.15) is 0 Å². The van der Waals surface area contributed by atoms with Gasteiger partial charge in [0.25, 0.3) is 0 Å². The van der Waals surface area contributed by atoms with Gasteiger partial charge in [-0.3, -0.25) is 4.90 Å². The van der Waals surface area contributed by atoms with Gasteiger partial charge in [-0.05, 0) is 24.3 Å². The number of hydrogen-bond acceptors (Lipinski definition) is 4. The van der Waals surface area contributed by atoms with Crippen molar-refractivity contribution in [2.45, 2.75) is 6.54 Å². The number of piperazine rings is 1. The first-order chi connectivity index (χ1) is 12.3. The molecule has 4 heteroatoms. The predicted octanol–water partition coefficient (Wildman–Crippen LogP) is 3.57. The fraction of sp³-hybridized carbons (Fsp3) is 0.286. The summed E-state index contributed by atoms with van der Waals surface area (Å²) < 4.78 is 5.45. The zero-order valence-electron chi connectivity index (χ0n) is 14.6. The summed E-state index contributed by atoms with van der Waals surface area (Å²) in [5, 5.41) is 1.12. The Hall–Kier alpha value is -2.59. The molecule has 25 heavy (non-hydrogen) atoms. The van der Waals surface area contributed by atoms with E-state index in [1.807, 2.05) is 12.1 Å². The van der Waals surface area contributed by atoms with Crippen LogP contribution in [0.3, 0.4) is 0 Å². The van der Waals surface area contributed by atoms with Crippen molar-refractivity contribution in [2.75, 3.05) is 38.2 Å². The molecule has 0 saturated carbocycles. The molecule has 2 aromatic carbocycles. The minimum atomic E-state index is 0.841.